The third kappa shape index (κ3) is 4.03. The lowest BCUT2D eigenvalue weighted by Crippen LogP contribution is -2.41. The highest BCUT2D eigenvalue weighted by atomic mass is 32.2. The van der Waals surface area contributed by atoms with Crippen molar-refractivity contribution in [2.24, 2.45) is 0 Å². The molecule has 7 nitrogen and oxygen atoms in total. The first-order valence-electron chi connectivity index (χ1n) is 6.98. The summed E-state index contributed by atoms with van der Waals surface area (Å²) in [5.41, 5.74) is 3.52. The number of nitrogens with one attached hydrogen (secondary N) is 2. The summed E-state index contributed by atoms with van der Waals surface area (Å²) in [6.07, 6.45) is 0. The zero-order chi connectivity index (χ0) is 17.7. The van der Waals surface area contributed by atoms with Crippen molar-refractivity contribution in [2.45, 2.75) is 11.8 Å². The van der Waals surface area contributed by atoms with Gasteiger partial charge in [-0.25, -0.2) is 8.42 Å². The average molecular weight is 350 g/mol. The second kappa shape index (κ2) is 7.33. The number of amides is 1. The van der Waals surface area contributed by atoms with E-state index >= 15 is 0 Å². The molecular formula is C16H18N2O5S. The van der Waals surface area contributed by atoms with Gasteiger partial charge in [0.2, 0.25) is 0 Å². The first-order chi connectivity index (χ1) is 11.4. The summed E-state index contributed by atoms with van der Waals surface area (Å²) in [6, 6.07) is 10.9. The minimum Gasteiger partial charge on any atom is -0.493 e. The predicted molar refractivity (Wildman–Crippen MR) is 88.5 cm³/mol. The van der Waals surface area contributed by atoms with Gasteiger partial charge in [0, 0.05) is 11.6 Å². The monoisotopic (exact) mass is 350 g/mol. The van der Waals surface area contributed by atoms with Crippen molar-refractivity contribution in [3.8, 4) is 11.5 Å². The van der Waals surface area contributed by atoms with E-state index in [1.807, 2.05) is 6.92 Å². The molecule has 8 heteroatoms. The van der Waals surface area contributed by atoms with Crippen molar-refractivity contribution in [3.05, 3.63) is 53.6 Å². The number of carbonyl (C=O) groups excluding carboxylic acids is 1. The largest absolute Gasteiger partial charge is 0.493 e. The van der Waals surface area contributed by atoms with Gasteiger partial charge in [0.1, 0.15) is 0 Å². The fraction of sp³-hybridized carbons (Fsp3) is 0.188. The highest BCUT2D eigenvalue weighted by molar-refractivity contribution is 7.89. The molecule has 0 heterocycles. The molecular weight excluding hydrogens is 332 g/mol. The van der Waals surface area contributed by atoms with Gasteiger partial charge in [0.25, 0.3) is 15.9 Å². The van der Waals surface area contributed by atoms with Crippen LogP contribution in [0.2, 0.25) is 0 Å². The number of aryl methyl sites for hydroxylation is 1. The SMILES string of the molecule is COc1ccc(S(=O)(=O)NNC(=O)c2ccc(C)cc2)cc1OC. The quantitative estimate of drug-likeness (QED) is 0.773. The lowest BCUT2D eigenvalue weighted by atomic mass is 10.1. The molecule has 0 bridgehead atoms. The number of ether oxygens (including phenoxy) is 2. The maximum Gasteiger partial charge on any atom is 0.266 e. The van der Waals surface area contributed by atoms with Crippen molar-refractivity contribution in [1.82, 2.24) is 10.3 Å². The van der Waals surface area contributed by atoms with Crippen LogP contribution in [-0.2, 0) is 10.0 Å². The minimum absolute atomic E-state index is 0.0654. The van der Waals surface area contributed by atoms with Crippen molar-refractivity contribution >= 4 is 15.9 Å². The number of hydrogen-bond donors (Lipinski definition) is 2. The smallest absolute Gasteiger partial charge is 0.266 e. The van der Waals surface area contributed by atoms with Gasteiger partial charge in [-0.05, 0) is 31.2 Å². The number of hydrogen-bond acceptors (Lipinski definition) is 5. The number of methoxy groups -OCH3 is 2. The van der Waals surface area contributed by atoms with Crippen molar-refractivity contribution in [2.75, 3.05) is 14.2 Å². The molecule has 0 aromatic heterocycles. The van der Waals surface area contributed by atoms with Crippen molar-refractivity contribution in [1.29, 1.82) is 0 Å². The Labute approximate surface area is 140 Å². The third-order valence-electron chi connectivity index (χ3n) is 3.28. The maximum atomic E-state index is 12.3. The van der Waals surface area contributed by atoms with Crippen molar-refractivity contribution in [3.63, 3.8) is 0 Å². The fourth-order valence-electron chi connectivity index (χ4n) is 1.93. The minimum atomic E-state index is -3.95. The van der Waals surface area contributed by atoms with Gasteiger partial charge in [-0.15, -0.1) is 4.83 Å². The van der Waals surface area contributed by atoms with Gasteiger partial charge in [-0.1, -0.05) is 17.7 Å². The predicted octanol–water partition coefficient (Wildman–Crippen LogP) is 1.64. The molecule has 24 heavy (non-hydrogen) atoms. The molecule has 0 aliphatic heterocycles. The first-order valence-corrected chi connectivity index (χ1v) is 8.46. The summed E-state index contributed by atoms with van der Waals surface area (Å²) < 4.78 is 34.7. The Bertz CT molecular complexity index is 832. The van der Waals surface area contributed by atoms with E-state index in [9.17, 15) is 13.2 Å². The van der Waals surface area contributed by atoms with Gasteiger partial charge in [0.05, 0.1) is 19.1 Å². The van der Waals surface area contributed by atoms with Crippen LogP contribution in [-0.4, -0.2) is 28.5 Å². The summed E-state index contributed by atoms with van der Waals surface area (Å²) in [6.45, 7) is 1.89. The molecule has 2 aromatic rings. The fourth-order valence-corrected chi connectivity index (χ4v) is 2.79. The Morgan fingerprint density at radius 2 is 1.58 bits per heavy atom. The first kappa shape index (κ1) is 17.8. The van der Waals surface area contributed by atoms with Crippen LogP contribution in [0.15, 0.2) is 47.4 Å². The Kier molecular flexibility index (Phi) is 5.42. The van der Waals surface area contributed by atoms with E-state index in [-0.39, 0.29) is 10.6 Å². The van der Waals surface area contributed by atoms with Crippen LogP contribution in [0.5, 0.6) is 11.5 Å². The summed E-state index contributed by atoms with van der Waals surface area (Å²) in [5.74, 6) is 0.115. The molecule has 0 atom stereocenters. The molecule has 0 fully saturated rings. The van der Waals surface area contributed by atoms with Crippen LogP contribution >= 0.6 is 0 Å². The van der Waals surface area contributed by atoms with Crippen LogP contribution in [0.4, 0.5) is 0 Å². The van der Waals surface area contributed by atoms with E-state index in [0.717, 1.165) is 5.56 Å². The molecule has 0 saturated carbocycles. The van der Waals surface area contributed by atoms with Gasteiger partial charge in [-0.3, -0.25) is 10.2 Å². The molecule has 1 amide bonds. The molecule has 0 aliphatic rings. The number of hydrazine groups is 1. The topological polar surface area (TPSA) is 93.7 Å². The molecule has 0 saturated heterocycles. The van der Waals surface area contributed by atoms with Crippen molar-refractivity contribution < 1.29 is 22.7 Å². The van der Waals surface area contributed by atoms with Gasteiger partial charge in [0.15, 0.2) is 11.5 Å². The summed E-state index contributed by atoms with van der Waals surface area (Å²) in [7, 11) is -1.09. The number of benzene rings is 2. The maximum absolute atomic E-state index is 12.3. The van der Waals surface area contributed by atoms with E-state index < -0.39 is 15.9 Å². The Balaban J connectivity index is 2.13. The van der Waals surface area contributed by atoms with Crippen LogP contribution < -0.4 is 19.7 Å². The lowest BCUT2D eigenvalue weighted by Gasteiger charge is -2.11. The van der Waals surface area contributed by atoms with Crippen LogP contribution in [0.3, 0.4) is 0 Å². The second-order valence-electron chi connectivity index (χ2n) is 4.94. The summed E-state index contributed by atoms with van der Waals surface area (Å²) >= 11 is 0. The number of rotatable bonds is 6. The zero-order valence-corrected chi connectivity index (χ0v) is 14.3. The van der Waals surface area contributed by atoms with Gasteiger partial charge in [-0.2, -0.15) is 0 Å². The number of carbonyl (C=O) groups is 1. The van der Waals surface area contributed by atoms with E-state index in [1.165, 1.54) is 32.4 Å². The van der Waals surface area contributed by atoms with Gasteiger partial charge >= 0.3 is 0 Å². The summed E-state index contributed by atoms with van der Waals surface area (Å²) in [5, 5.41) is 0. The molecule has 128 valence electrons. The van der Waals surface area contributed by atoms with Crippen LogP contribution in [0.25, 0.3) is 0 Å². The molecule has 0 radical (unpaired) electrons. The van der Waals surface area contributed by atoms with Crippen LogP contribution in [0, 0.1) is 6.92 Å². The van der Waals surface area contributed by atoms with Gasteiger partial charge < -0.3 is 9.47 Å². The molecule has 2 rings (SSSR count). The van der Waals surface area contributed by atoms with E-state index in [2.05, 4.69) is 10.3 Å². The average Bonchev–Trinajstić information content (AvgIpc) is 2.59. The summed E-state index contributed by atoms with van der Waals surface area (Å²) in [4.78, 5) is 14.0. The third-order valence-corrected chi connectivity index (χ3v) is 4.52. The molecule has 0 spiro atoms. The van der Waals surface area contributed by atoms with E-state index in [4.69, 9.17) is 9.47 Å². The Hall–Kier alpha value is -2.58. The highest BCUT2D eigenvalue weighted by Gasteiger charge is 2.18. The normalized spacial score (nSPS) is 11.0. The molecule has 2 N–H and O–H groups in total. The van der Waals surface area contributed by atoms with Crippen LogP contribution in [0.1, 0.15) is 15.9 Å². The molecule has 0 aliphatic carbocycles. The van der Waals surface area contributed by atoms with E-state index in [0.29, 0.717) is 11.3 Å². The molecule has 0 unspecified atom stereocenters. The Morgan fingerprint density at radius 1 is 0.958 bits per heavy atom. The lowest BCUT2D eigenvalue weighted by molar-refractivity contribution is 0.0945. The second-order valence-corrected chi connectivity index (χ2v) is 6.62. The highest BCUT2D eigenvalue weighted by Crippen LogP contribution is 2.29. The Morgan fingerprint density at radius 3 is 2.17 bits per heavy atom. The standard InChI is InChI=1S/C16H18N2O5S/c1-11-4-6-12(7-5-11)16(19)17-18-24(20,21)13-8-9-14(22-2)15(10-13)23-3/h4-10,18H,1-3H3,(H,17,19). The van der Waals surface area contributed by atoms with E-state index in [1.54, 1.807) is 24.3 Å². The zero-order valence-electron chi connectivity index (χ0n) is 13.5. The number of sulfonamides is 1. The molecule has 2 aromatic carbocycles.